The SMILES string of the molecule is c1ccc(-c2cc(-c3ccc(-c4ccc5c(c4)C4(c6ccc(-c7ccc(-c8nc(-c9ccccc9)cc(-c9cccnc9-c9ccc%10c(c9)C9(c%11ccccc%11O%10)c%10ccccc%10-c%10ccccc%109)n8)cc7)cc6O5)c5ccccc5-c5ccccc54)nc3)nc(-c3ccccc3)n2)cc1. The molecule has 6 heterocycles. The Hall–Kier alpha value is -13.3. The summed E-state index contributed by atoms with van der Waals surface area (Å²) < 4.78 is 14.0. The average molecular weight is 1280 g/mol. The molecule has 466 valence electrons. The predicted molar refractivity (Wildman–Crippen MR) is 397 cm³/mol. The van der Waals surface area contributed by atoms with Crippen LogP contribution in [-0.4, -0.2) is 29.9 Å². The van der Waals surface area contributed by atoms with Crippen molar-refractivity contribution in [3.8, 4) is 147 Å². The average Bonchev–Trinajstić information content (AvgIpc) is 1.48. The molecule has 4 aliphatic rings. The van der Waals surface area contributed by atoms with Crippen molar-refractivity contribution < 1.29 is 9.47 Å². The Morgan fingerprint density at radius 1 is 0.210 bits per heavy atom. The predicted octanol–water partition coefficient (Wildman–Crippen LogP) is 22.0. The number of rotatable bonds is 9. The van der Waals surface area contributed by atoms with E-state index < -0.39 is 10.8 Å². The van der Waals surface area contributed by atoms with Gasteiger partial charge in [0.2, 0.25) is 0 Å². The molecular formula is C92H56N6O2. The van der Waals surface area contributed by atoms with Gasteiger partial charge < -0.3 is 9.47 Å². The van der Waals surface area contributed by atoms with Crippen molar-refractivity contribution in [2.45, 2.75) is 10.8 Å². The Bertz CT molecular complexity index is 5830. The van der Waals surface area contributed by atoms with Gasteiger partial charge in [0.15, 0.2) is 11.6 Å². The lowest BCUT2D eigenvalue weighted by atomic mass is 9.65. The molecule has 8 nitrogen and oxygen atoms in total. The minimum Gasteiger partial charge on any atom is -0.457 e. The third-order valence-corrected chi connectivity index (χ3v) is 20.6. The molecule has 4 aromatic heterocycles. The van der Waals surface area contributed by atoms with Gasteiger partial charge in [0, 0.05) is 79.2 Å². The van der Waals surface area contributed by atoms with E-state index in [1.807, 2.05) is 73.1 Å². The highest BCUT2D eigenvalue weighted by Gasteiger charge is 2.53. The first-order valence-electron chi connectivity index (χ1n) is 33.8. The van der Waals surface area contributed by atoms with Gasteiger partial charge in [-0.15, -0.1) is 0 Å². The molecule has 0 saturated heterocycles. The summed E-state index contributed by atoms with van der Waals surface area (Å²) in [5, 5.41) is 0. The number of ether oxygens (including phenoxy) is 2. The van der Waals surface area contributed by atoms with E-state index in [1.54, 1.807) is 0 Å². The Labute approximate surface area is 578 Å². The third-order valence-electron chi connectivity index (χ3n) is 20.6. The molecule has 0 amide bonds. The highest BCUT2D eigenvalue weighted by atomic mass is 16.5. The highest BCUT2D eigenvalue weighted by Crippen LogP contribution is 2.64. The lowest BCUT2D eigenvalue weighted by Gasteiger charge is -2.39. The third kappa shape index (κ3) is 8.80. The van der Waals surface area contributed by atoms with Gasteiger partial charge in [-0.2, -0.15) is 0 Å². The summed E-state index contributed by atoms with van der Waals surface area (Å²) in [5.74, 6) is 4.52. The molecule has 20 rings (SSSR count). The van der Waals surface area contributed by atoms with E-state index in [2.05, 4.69) is 267 Å². The minimum atomic E-state index is -0.707. The lowest BCUT2D eigenvalue weighted by Crippen LogP contribution is -2.32. The molecule has 2 aliphatic carbocycles. The van der Waals surface area contributed by atoms with Crippen LogP contribution in [0.1, 0.15) is 44.5 Å². The summed E-state index contributed by atoms with van der Waals surface area (Å²) in [5.41, 5.74) is 27.2. The summed E-state index contributed by atoms with van der Waals surface area (Å²) >= 11 is 0. The van der Waals surface area contributed by atoms with E-state index in [1.165, 1.54) is 44.5 Å². The topological polar surface area (TPSA) is 95.8 Å². The first kappa shape index (κ1) is 57.0. The number of para-hydroxylation sites is 1. The molecule has 100 heavy (non-hydrogen) atoms. The number of aromatic nitrogens is 6. The lowest BCUT2D eigenvalue weighted by molar-refractivity contribution is 0.436. The van der Waals surface area contributed by atoms with Crippen LogP contribution < -0.4 is 9.47 Å². The molecule has 0 unspecified atom stereocenters. The maximum atomic E-state index is 7.19. The number of hydrogen-bond donors (Lipinski definition) is 0. The van der Waals surface area contributed by atoms with E-state index in [0.717, 1.165) is 135 Å². The maximum Gasteiger partial charge on any atom is 0.160 e. The molecule has 2 aliphatic heterocycles. The van der Waals surface area contributed by atoms with E-state index in [-0.39, 0.29) is 0 Å². The second kappa shape index (κ2) is 22.7. The van der Waals surface area contributed by atoms with E-state index >= 15 is 0 Å². The molecule has 2 spiro atoms. The van der Waals surface area contributed by atoms with Gasteiger partial charge in [-0.3, -0.25) is 9.97 Å². The van der Waals surface area contributed by atoms with Gasteiger partial charge >= 0.3 is 0 Å². The molecule has 16 aromatic rings. The van der Waals surface area contributed by atoms with Crippen molar-refractivity contribution in [1.82, 2.24) is 29.9 Å². The quantitative estimate of drug-likeness (QED) is 0.141. The molecule has 0 fully saturated rings. The van der Waals surface area contributed by atoms with Crippen LogP contribution in [0.5, 0.6) is 23.0 Å². The van der Waals surface area contributed by atoms with Gasteiger partial charge in [0.25, 0.3) is 0 Å². The first-order valence-corrected chi connectivity index (χ1v) is 33.8. The Morgan fingerprint density at radius 3 is 1.18 bits per heavy atom. The number of pyridine rings is 2. The van der Waals surface area contributed by atoms with E-state index in [4.69, 9.17) is 39.4 Å². The fourth-order valence-corrected chi connectivity index (χ4v) is 16.2. The van der Waals surface area contributed by atoms with Gasteiger partial charge in [-0.1, -0.05) is 243 Å². The number of nitrogens with zero attached hydrogens (tertiary/aromatic N) is 6. The highest BCUT2D eigenvalue weighted by molar-refractivity contribution is 5.93. The van der Waals surface area contributed by atoms with Crippen LogP contribution in [0.3, 0.4) is 0 Å². The monoisotopic (exact) mass is 1280 g/mol. The van der Waals surface area contributed by atoms with Gasteiger partial charge in [0.1, 0.15) is 23.0 Å². The Morgan fingerprint density at radius 2 is 0.610 bits per heavy atom. The second-order valence-corrected chi connectivity index (χ2v) is 25.9. The first-order chi connectivity index (χ1) is 49.5. The molecule has 0 atom stereocenters. The molecule has 12 aromatic carbocycles. The molecule has 0 radical (unpaired) electrons. The van der Waals surface area contributed by atoms with Crippen LogP contribution in [-0.2, 0) is 10.8 Å². The zero-order chi connectivity index (χ0) is 65.9. The van der Waals surface area contributed by atoms with Crippen LogP contribution >= 0.6 is 0 Å². The summed E-state index contributed by atoms with van der Waals surface area (Å²) in [6.45, 7) is 0. The van der Waals surface area contributed by atoms with Gasteiger partial charge in [-0.05, 0) is 141 Å². The molecular weight excluding hydrogens is 1220 g/mol. The van der Waals surface area contributed by atoms with Crippen molar-refractivity contribution >= 4 is 0 Å². The van der Waals surface area contributed by atoms with Crippen molar-refractivity contribution in [3.63, 3.8) is 0 Å². The van der Waals surface area contributed by atoms with Crippen LogP contribution in [0.25, 0.3) is 124 Å². The van der Waals surface area contributed by atoms with Crippen LogP contribution in [0.2, 0.25) is 0 Å². The Balaban J connectivity index is 0.660. The van der Waals surface area contributed by atoms with Crippen LogP contribution in [0.15, 0.2) is 340 Å². The normalized spacial score (nSPS) is 13.3. The van der Waals surface area contributed by atoms with Crippen LogP contribution in [0, 0.1) is 0 Å². The molecule has 0 saturated carbocycles. The van der Waals surface area contributed by atoms with Crippen molar-refractivity contribution in [2.24, 2.45) is 0 Å². The smallest absolute Gasteiger partial charge is 0.160 e. The summed E-state index contributed by atoms with van der Waals surface area (Å²) in [6, 6.07) is 115. The number of hydrogen-bond acceptors (Lipinski definition) is 8. The summed E-state index contributed by atoms with van der Waals surface area (Å²) in [7, 11) is 0. The zero-order valence-electron chi connectivity index (χ0n) is 53.8. The van der Waals surface area contributed by atoms with Crippen molar-refractivity contribution in [3.05, 3.63) is 384 Å². The van der Waals surface area contributed by atoms with Crippen molar-refractivity contribution in [2.75, 3.05) is 0 Å². The fraction of sp³-hybridized carbons (Fsp3) is 0.0217. The standard InChI is InChI=1S/C92H56N6O2/c1-4-21-58(22-5-1)80-54-82(97-89(95-80)60-25-8-3-9-26-60)65-43-47-79(94-56-65)63-44-48-86-77(51-63)92(73-34-16-12-29-68(73)69-30-13-17-35-74(69)92)76-46-42-62(53-87(76)100-86)57-38-40-61(41-39-57)90-96-81(59-23-6-2-7-24-59)55-83(98-90)70-31-20-50-93-88(70)64-45-49-85-78(52-64)91(75-36-18-19-37-84(75)99-85)71-32-14-10-27-66(71)67-28-11-15-33-72(67)91/h1-56H. The van der Waals surface area contributed by atoms with Crippen LogP contribution in [0.4, 0.5) is 0 Å². The molecule has 8 heteroatoms. The second-order valence-electron chi connectivity index (χ2n) is 25.9. The maximum absolute atomic E-state index is 7.19. The fourth-order valence-electron chi connectivity index (χ4n) is 16.2. The minimum absolute atomic E-state index is 0.600. The Kier molecular flexibility index (Phi) is 12.9. The number of benzene rings is 12. The zero-order valence-corrected chi connectivity index (χ0v) is 53.8. The van der Waals surface area contributed by atoms with Crippen molar-refractivity contribution in [1.29, 1.82) is 0 Å². The molecule has 0 bridgehead atoms. The number of fused-ring (bicyclic) bond motifs is 18. The van der Waals surface area contributed by atoms with E-state index in [9.17, 15) is 0 Å². The van der Waals surface area contributed by atoms with Gasteiger partial charge in [0.05, 0.1) is 45.0 Å². The summed E-state index contributed by atoms with van der Waals surface area (Å²) in [6.07, 6.45) is 3.80. The molecule has 0 N–H and O–H groups in total. The van der Waals surface area contributed by atoms with E-state index in [0.29, 0.717) is 11.6 Å². The summed E-state index contributed by atoms with van der Waals surface area (Å²) in [4.78, 5) is 31.3. The van der Waals surface area contributed by atoms with Gasteiger partial charge in [-0.25, -0.2) is 19.9 Å². The largest absolute Gasteiger partial charge is 0.457 e.